The first kappa shape index (κ1) is 31.0. The number of piperidine rings is 1. The molecule has 0 saturated carbocycles. The molecule has 10 nitrogen and oxygen atoms in total. The standard InChI is InChI=1S/C35H37FN6O4/c1-23-12-16-41(17-13-23)15-6-18-45-34-21-28-26(20-33(34)44-3)31(11-14-37-28)46-32-10-9-25(19-27(32)36)38-35(43)29-22-42(40-39-29)30-8-5-4-7-24(30)2/h4-5,7-11,14,19-23H,6,12-13,15-18H2,1-3H3,(H,38,43). The van der Waals surface area contributed by atoms with Crippen LogP contribution in [0, 0.1) is 18.7 Å². The number of nitrogens with zero attached hydrogens (tertiary/aromatic N) is 5. The number of methoxy groups -OCH3 is 1. The normalized spacial score (nSPS) is 13.9. The van der Waals surface area contributed by atoms with E-state index in [4.69, 9.17) is 14.2 Å². The number of anilines is 1. The monoisotopic (exact) mass is 624 g/mol. The van der Waals surface area contributed by atoms with Gasteiger partial charge in [-0.1, -0.05) is 30.3 Å². The predicted molar refractivity (Wildman–Crippen MR) is 174 cm³/mol. The number of pyridine rings is 1. The maximum atomic E-state index is 15.2. The highest BCUT2D eigenvalue weighted by atomic mass is 19.1. The molecule has 46 heavy (non-hydrogen) atoms. The van der Waals surface area contributed by atoms with Gasteiger partial charge in [0.2, 0.25) is 0 Å². The number of aromatic nitrogens is 4. The van der Waals surface area contributed by atoms with Crippen molar-refractivity contribution in [3.63, 3.8) is 0 Å². The first-order valence-electron chi connectivity index (χ1n) is 15.5. The van der Waals surface area contributed by atoms with E-state index in [0.29, 0.717) is 34.8 Å². The number of carbonyl (C=O) groups is 1. The second-order valence-electron chi connectivity index (χ2n) is 11.6. The van der Waals surface area contributed by atoms with Gasteiger partial charge < -0.3 is 24.4 Å². The van der Waals surface area contributed by atoms with E-state index in [1.54, 1.807) is 31.5 Å². The lowest BCUT2D eigenvalue weighted by molar-refractivity contribution is 0.102. The first-order chi connectivity index (χ1) is 22.4. The van der Waals surface area contributed by atoms with Crippen LogP contribution in [0.25, 0.3) is 16.6 Å². The largest absolute Gasteiger partial charge is 0.493 e. The number of aryl methyl sites for hydroxylation is 1. The maximum absolute atomic E-state index is 15.2. The number of likely N-dealkylation sites (tertiary alicyclic amines) is 1. The maximum Gasteiger partial charge on any atom is 0.277 e. The lowest BCUT2D eigenvalue weighted by Crippen LogP contribution is -2.34. The molecule has 1 aliphatic heterocycles. The van der Waals surface area contributed by atoms with E-state index in [2.05, 4.69) is 32.4 Å². The molecule has 1 amide bonds. The number of amides is 1. The van der Waals surface area contributed by atoms with Gasteiger partial charge in [-0.3, -0.25) is 9.78 Å². The topological polar surface area (TPSA) is 104 Å². The summed E-state index contributed by atoms with van der Waals surface area (Å²) >= 11 is 0. The van der Waals surface area contributed by atoms with Crippen LogP contribution < -0.4 is 19.5 Å². The Morgan fingerprint density at radius 3 is 2.63 bits per heavy atom. The van der Waals surface area contributed by atoms with Crippen molar-refractivity contribution in [3.05, 3.63) is 90.1 Å². The highest BCUT2D eigenvalue weighted by Gasteiger charge is 2.18. The smallest absolute Gasteiger partial charge is 0.277 e. The number of carbonyl (C=O) groups excluding carboxylic acids is 1. The van der Waals surface area contributed by atoms with E-state index in [1.807, 2.05) is 37.3 Å². The molecule has 5 aromatic rings. The molecule has 1 saturated heterocycles. The summed E-state index contributed by atoms with van der Waals surface area (Å²) in [7, 11) is 1.58. The molecule has 0 bridgehead atoms. The zero-order chi connectivity index (χ0) is 32.0. The van der Waals surface area contributed by atoms with Crippen LogP contribution in [0.1, 0.15) is 42.2 Å². The zero-order valence-corrected chi connectivity index (χ0v) is 26.2. The third-order valence-electron chi connectivity index (χ3n) is 8.24. The number of ether oxygens (including phenoxy) is 3. The van der Waals surface area contributed by atoms with Crippen molar-refractivity contribution in [2.45, 2.75) is 33.1 Å². The SMILES string of the molecule is COc1cc2c(Oc3ccc(NC(=O)c4cn(-c5ccccc5C)nn4)cc3F)ccnc2cc1OCCCN1CCC(C)CC1. The average molecular weight is 625 g/mol. The number of hydrogen-bond acceptors (Lipinski definition) is 8. The summed E-state index contributed by atoms with van der Waals surface area (Å²) in [6.45, 7) is 8.11. The van der Waals surface area contributed by atoms with Crippen molar-refractivity contribution in [1.29, 1.82) is 0 Å². The number of benzene rings is 3. The fourth-order valence-corrected chi connectivity index (χ4v) is 5.53. The van der Waals surface area contributed by atoms with Crippen molar-refractivity contribution < 1.29 is 23.4 Å². The van der Waals surface area contributed by atoms with Crippen molar-refractivity contribution >= 4 is 22.5 Å². The molecular formula is C35H37FN6O4. The number of fused-ring (bicyclic) bond motifs is 1. The second-order valence-corrected chi connectivity index (χ2v) is 11.6. The van der Waals surface area contributed by atoms with Gasteiger partial charge in [-0.05, 0) is 81.1 Å². The van der Waals surface area contributed by atoms with Gasteiger partial charge in [0.1, 0.15) is 5.75 Å². The van der Waals surface area contributed by atoms with Crippen molar-refractivity contribution in [3.8, 4) is 28.7 Å². The molecule has 0 aliphatic carbocycles. The Bertz CT molecular complexity index is 1840. The lowest BCUT2D eigenvalue weighted by Gasteiger charge is -2.30. The Morgan fingerprint density at radius 2 is 1.85 bits per heavy atom. The molecule has 3 aromatic carbocycles. The molecule has 238 valence electrons. The summed E-state index contributed by atoms with van der Waals surface area (Å²) < 4.78 is 34.5. The number of nitrogens with one attached hydrogen (secondary N) is 1. The summed E-state index contributed by atoms with van der Waals surface area (Å²) in [6.07, 6.45) is 6.54. The molecule has 1 aliphatic rings. The number of halogens is 1. The van der Waals surface area contributed by atoms with Gasteiger partial charge in [0, 0.05) is 35.9 Å². The van der Waals surface area contributed by atoms with Crippen molar-refractivity contribution in [2.24, 2.45) is 5.92 Å². The minimum Gasteiger partial charge on any atom is -0.493 e. The van der Waals surface area contributed by atoms with Crippen LogP contribution in [0.15, 0.2) is 73.1 Å². The molecule has 3 heterocycles. The summed E-state index contributed by atoms with van der Waals surface area (Å²) in [5.41, 5.74) is 2.77. The van der Waals surface area contributed by atoms with E-state index < -0.39 is 11.7 Å². The highest BCUT2D eigenvalue weighted by molar-refractivity contribution is 6.02. The van der Waals surface area contributed by atoms with E-state index in [9.17, 15) is 4.79 Å². The van der Waals surface area contributed by atoms with Gasteiger partial charge in [-0.15, -0.1) is 5.10 Å². The quantitative estimate of drug-likeness (QED) is 0.160. The highest BCUT2D eigenvalue weighted by Crippen LogP contribution is 2.38. The van der Waals surface area contributed by atoms with Gasteiger partial charge >= 0.3 is 0 Å². The zero-order valence-electron chi connectivity index (χ0n) is 26.2. The van der Waals surface area contributed by atoms with Gasteiger partial charge in [-0.2, -0.15) is 0 Å². The number of hydrogen-bond donors (Lipinski definition) is 1. The van der Waals surface area contributed by atoms with Gasteiger partial charge in [0.15, 0.2) is 28.8 Å². The van der Waals surface area contributed by atoms with Crippen LogP contribution in [0.5, 0.6) is 23.0 Å². The van der Waals surface area contributed by atoms with Crippen LogP contribution in [0.3, 0.4) is 0 Å². The molecule has 0 atom stereocenters. The average Bonchev–Trinajstić information content (AvgIpc) is 3.55. The Kier molecular flexibility index (Phi) is 9.39. The fourth-order valence-electron chi connectivity index (χ4n) is 5.53. The van der Waals surface area contributed by atoms with Gasteiger partial charge in [-0.25, -0.2) is 9.07 Å². The molecule has 11 heteroatoms. The Balaban J connectivity index is 1.11. The summed E-state index contributed by atoms with van der Waals surface area (Å²) in [5.74, 6) is 1.16. The van der Waals surface area contributed by atoms with Gasteiger partial charge in [0.25, 0.3) is 5.91 Å². The number of rotatable bonds is 11. The van der Waals surface area contributed by atoms with Crippen molar-refractivity contribution in [2.75, 3.05) is 38.7 Å². The van der Waals surface area contributed by atoms with Crippen LogP contribution >= 0.6 is 0 Å². The summed E-state index contributed by atoms with van der Waals surface area (Å²) in [5, 5.41) is 11.3. The minimum absolute atomic E-state index is 0.0117. The molecule has 0 spiro atoms. The predicted octanol–water partition coefficient (Wildman–Crippen LogP) is 6.82. The molecule has 0 unspecified atom stereocenters. The Morgan fingerprint density at radius 1 is 1.02 bits per heavy atom. The first-order valence-corrected chi connectivity index (χ1v) is 15.5. The molecule has 1 N–H and O–H groups in total. The van der Waals surface area contributed by atoms with Gasteiger partial charge in [0.05, 0.1) is 31.1 Å². The molecule has 1 fully saturated rings. The fraction of sp³-hybridized carbons (Fsp3) is 0.314. The van der Waals surface area contributed by atoms with Crippen LogP contribution in [0.4, 0.5) is 10.1 Å². The van der Waals surface area contributed by atoms with Crippen LogP contribution in [-0.2, 0) is 0 Å². The minimum atomic E-state index is -0.651. The third kappa shape index (κ3) is 7.10. The molecule has 0 radical (unpaired) electrons. The van der Waals surface area contributed by atoms with E-state index in [0.717, 1.165) is 43.2 Å². The van der Waals surface area contributed by atoms with Crippen LogP contribution in [0.2, 0.25) is 0 Å². The third-order valence-corrected chi connectivity index (χ3v) is 8.24. The van der Waals surface area contributed by atoms with E-state index >= 15 is 4.39 Å². The molecule has 2 aromatic heterocycles. The molecular weight excluding hydrogens is 587 g/mol. The Labute approximate surface area is 267 Å². The second kappa shape index (κ2) is 13.9. The van der Waals surface area contributed by atoms with E-state index in [-0.39, 0.29) is 17.1 Å². The number of para-hydroxylation sites is 1. The van der Waals surface area contributed by atoms with Crippen LogP contribution in [-0.4, -0.2) is 64.1 Å². The summed E-state index contributed by atoms with van der Waals surface area (Å²) in [6, 6.07) is 17.1. The molecule has 6 rings (SSSR count). The summed E-state index contributed by atoms with van der Waals surface area (Å²) in [4.78, 5) is 19.8. The lowest BCUT2D eigenvalue weighted by atomic mass is 9.99. The van der Waals surface area contributed by atoms with Crippen molar-refractivity contribution in [1.82, 2.24) is 24.9 Å². The van der Waals surface area contributed by atoms with E-state index in [1.165, 1.54) is 35.9 Å². The Hall–Kier alpha value is -5.03.